The zero-order valence-electron chi connectivity index (χ0n) is 9.67. The summed E-state index contributed by atoms with van der Waals surface area (Å²) in [5.74, 6) is 1.01. The highest BCUT2D eigenvalue weighted by Crippen LogP contribution is 2.47. The molecule has 1 unspecified atom stereocenters. The topological polar surface area (TPSA) is 15.3 Å². The van der Waals surface area contributed by atoms with Gasteiger partial charge in [-0.05, 0) is 37.9 Å². The molecule has 86 valence electrons. The molecule has 0 aromatic heterocycles. The third-order valence-corrected chi connectivity index (χ3v) is 5.64. The van der Waals surface area contributed by atoms with Crippen LogP contribution in [0.1, 0.15) is 25.7 Å². The Kier molecular flexibility index (Phi) is 2.74. The number of piperazine rings is 1. The lowest BCUT2D eigenvalue weighted by molar-refractivity contribution is 0.187. The van der Waals surface area contributed by atoms with Crippen LogP contribution >= 0.6 is 11.8 Å². The monoisotopic (exact) mass is 226 g/mol. The van der Waals surface area contributed by atoms with Gasteiger partial charge in [-0.1, -0.05) is 0 Å². The number of hydrogen-bond acceptors (Lipinski definition) is 3. The molecule has 1 aliphatic heterocycles. The van der Waals surface area contributed by atoms with Crippen LogP contribution in [0.25, 0.3) is 0 Å². The summed E-state index contributed by atoms with van der Waals surface area (Å²) in [6.45, 7) is 5.14. The highest BCUT2D eigenvalue weighted by Gasteiger charge is 2.44. The van der Waals surface area contributed by atoms with E-state index in [-0.39, 0.29) is 0 Å². The van der Waals surface area contributed by atoms with Gasteiger partial charge in [-0.15, -0.1) is 0 Å². The van der Waals surface area contributed by atoms with Crippen molar-refractivity contribution in [3.8, 4) is 0 Å². The average Bonchev–Trinajstić information content (AvgIpc) is 3.14. The maximum atomic E-state index is 3.69. The highest BCUT2D eigenvalue weighted by atomic mass is 32.2. The molecule has 3 fully saturated rings. The molecule has 3 heteroatoms. The second-order valence-corrected chi connectivity index (χ2v) is 6.79. The van der Waals surface area contributed by atoms with Gasteiger partial charge in [0.15, 0.2) is 0 Å². The fourth-order valence-electron chi connectivity index (χ4n) is 2.77. The molecule has 2 aliphatic carbocycles. The molecule has 3 aliphatic rings. The van der Waals surface area contributed by atoms with Gasteiger partial charge in [-0.25, -0.2) is 0 Å². The maximum absolute atomic E-state index is 3.69. The summed E-state index contributed by atoms with van der Waals surface area (Å²) in [6, 6.07) is 0.816. The summed E-state index contributed by atoms with van der Waals surface area (Å²) in [6.07, 6.45) is 8.13. The molecule has 2 nitrogen and oxygen atoms in total. The predicted molar refractivity (Wildman–Crippen MR) is 66.4 cm³/mol. The fourth-order valence-corrected chi connectivity index (χ4v) is 3.60. The second-order valence-electron chi connectivity index (χ2n) is 5.52. The molecule has 1 N–H and O–H groups in total. The number of thioether (sulfide) groups is 1. The predicted octanol–water partition coefficient (Wildman–Crippen LogP) is 1.57. The van der Waals surface area contributed by atoms with E-state index in [1.807, 2.05) is 0 Å². The summed E-state index contributed by atoms with van der Waals surface area (Å²) >= 11 is 2.10. The lowest BCUT2D eigenvalue weighted by Crippen LogP contribution is -2.53. The van der Waals surface area contributed by atoms with E-state index >= 15 is 0 Å². The normalized spacial score (nSPS) is 35.4. The first-order valence-corrected chi connectivity index (χ1v) is 7.55. The molecule has 0 spiro atoms. The zero-order chi connectivity index (χ0) is 10.3. The number of nitrogens with one attached hydrogen (secondary N) is 1. The van der Waals surface area contributed by atoms with Crippen LogP contribution in [-0.4, -0.2) is 48.1 Å². The van der Waals surface area contributed by atoms with Crippen molar-refractivity contribution in [2.24, 2.45) is 5.92 Å². The van der Waals surface area contributed by atoms with Crippen molar-refractivity contribution < 1.29 is 0 Å². The summed E-state index contributed by atoms with van der Waals surface area (Å²) in [4.78, 5) is 2.71. The van der Waals surface area contributed by atoms with Crippen molar-refractivity contribution in [2.75, 3.05) is 32.4 Å². The van der Waals surface area contributed by atoms with Crippen LogP contribution in [0.5, 0.6) is 0 Å². The van der Waals surface area contributed by atoms with Crippen LogP contribution in [0.3, 0.4) is 0 Å². The Labute approximate surface area is 97.2 Å². The van der Waals surface area contributed by atoms with E-state index in [1.165, 1.54) is 51.9 Å². The van der Waals surface area contributed by atoms with Crippen molar-refractivity contribution in [2.45, 2.75) is 36.5 Å². The van der Waals surface area contributed by atoms with Crippen LogP contribution < -0.4 is 5.32 Å². The van der Waals surface area contributed by atoms with E-state index in [0.717, 1.165) is 12.0 Å². The highest BCUT2D eigenvalue weighted by molar-refractivity contribution is 8.00. The van der Waals surface area contributed by atoms with Crippen molar-refractivity contribution in [1.29, 1.82) is 0 Å². The quantitative estimate of drug-likeness (QED) is 0.783. The van der Waals surface area contributed by atoms with Gasteiger partial charge >= 0.3 is 0 Å². The van der Waals surface area contributed by atoms with Crippen LogP contribution in [0.2, 0.25) is 0 Å². The van der Waals surface area contributed by atoms with Crippen molar-refractivity contribution in [1.82, 2.24) is 10.2 Å². The number of hydrogen-bond donors (Lipinski definition) is 1. The van der Waals surface area contributed by atoms with Crippen molar-refractivity contribution >= 4 is 11.8 Å². The van der Waals surface area contributed by atoms with E-state index in [9.17, 15) is 0 Å². The molecule has 0 radical (unpaired) electrons. The van der Waals surface area contributed by atoms with Gasteiger partial charge in [-0.2, -0.15) is 11.8 Å². The Hall–Kier alpha value is 0.270. The van der Waals surface area contributed by atoms with Crippen LogP contribution in [0, 0.1) is 5.92 Å². The van der Waals surface area contributed by atoms with Crippen molar-refractivity contribution in [3.05, 3.63) is 0 Å². The van der Waals surface area contributed by atoms with E-state index in [0.29, 0.717) is 4.75 Å². The van der Waals surface area contributed by atoms with E-state index < -0.39 is 0 Å². The fraction of sp³-hybridized carbons (Fsp3) is 1.00. The summed E-state index contributed by atoms with van der Waals surface area (Å²) in [5.41, 5.74) is 0. The summed E-state index contributed by atoms with van der Waals surface area (Å²) in [5, 5.41) is 3.69. The molecule has 1 heterocycles. The van der Waals surface area contributed by atoms with E-state index in [4.69, 9.17) is 0 Å². The minimum Gasteiger partial charge on any atom is -0.311 e. The van der Waals surface area contributed by atoms with Crippen LogP contribution in [0.15, 0.2) is 0 Å². The molecule has 0 aromatic rings. The minimum absolute atomic E-state index is 0.658. The number of nitrogens with zero attached hydrogens (tertiary/aromatic N) is 1. The van der Waals surface area contributed by atoms with Gasteiger partial charge in [-0.3, -0.25) is 4.90 Å². The first-order chi connectivity index (χ1) is 7.31. The first kappa shape index (κ1) is 10.4. The van der Waals surface area contributed by atoms with Gasteiger partial charge in [0.2, 0.25) is 0 Å². The molecular weight excluding hydrogens is 204 g/mol. The largest absolute Gasteiger partial charge is 0.311 e. The molecule has 1 saturated heterocycles. The van der Waals surface area contributed by atoms with Crippen molar-refractivity contribution in [3.63, 3.8) is 0 Å². The molecule has 0 aromatic carbocycles. The lowest BCUT2D eigenvalue weighted by Gasteiger charge is -2.35. The molecule has 0 amide bonds. The van der Waals surface area contributed by atoms with Gasteiger partial charge in [0.05, 0.1) is 0 Å². The van der Waals surface area contributed by atoms with Crippen LogP contribution in [-0.2, 0) is 0 Å². The van der Waals surface area contributed by atoms with Gasteiger partial charge < -0.3 is 5.32 Å². The van der Waals surface area contributed by atoms with E-state index in [2.05, 4.69) is 28.2 Å². The first-order valence-electron chi connectivity index (χ1n) is 6.32. The molecule has 2 saturated carbocycles. The lowest BCUT2D eigenvalue weighted by atomic mass is 10.1. The van der Waals surface area contributed by atoms with E-state index in [1.54, 1.807) is 0 Å². The third kappa shape index (κ3) is 2.34. The molecule has 1 atom stereocenters. The minimum atomic E-state index is 0.658. The smallest absolute Gasteiger partial charge is 0.0285 e. The zero-order valence-corrected chi connectivity index (χ0v) is 10.5. The average molecular weight is 226 g/mol. The number of rotatable bonds is 4. The van der Waals surface area contributed by atoms with Gasteiger partial charge in [0.1, 0.15) is 0 Å². The Morgan fingerprint density at radius 2 is 2.20 bits per heavy atom. The Balaban J connectivity index is 1.52. The Morgan fingerprint density at radius 1 is 1.40 bits per heavy atom. The molecule has 15 heavy (non-hydrogen) atoms. The van der Waals surface area contributed by atoms with Gasteiger partial charge in [0.25, 0.3) is 0 Å². The summed E-state index contributed by atoms with van der Waals surface area (Å²) in [7, 11) is 0. The summed E-state index contributed by atoms with van der Waals surface area (Å²) < 4.78 is 0.658. The standard InChI is InChI=1S/C12H22N2S/c1-15-12(4-5-12)9-14-7-6-13-11(8-14)10-2-3-10/h10-11,13H,2-9H2,1H3. The Bertz CT molecular complexity index is 236. The van der Waals surface area contributed by atoms with Crippen LogP contribution in [0.4, 0.5) is 0 Å². The maximum Gasteiger partial charge on any atom is 0.0285 e. The molecular formula is C12H22N2S. The molecule has 3 rings (SSSR count). The SMILES string of the molecule is CSC1(CN2CCNC(C3CC3)C2)CC1. The Morgan fingerprint density at radius 3 is 2.80 bits per heavy atom. The third-order valence-electron chi connectivity index (χ3n) is 4.23. The second kappa shape index (κ2) is 3.94. The molecule has 0 bridgehead atoms. The van der Waals surface area contributed by atoms with Gasteiger partial charge in [0, 0.05) is 37.0 Å².